The molecule has 0 radical (unpaired) electrons. The van der Waals surface area contributed by atoms with Crippen molar-refractivity contribution in [3.8, 4) is 0 Å². The molecule has 0 spiro atoms. The highest BCUT2D eigenvalue weighted by Gasteiger charge is 2.26. The van der Waals surface area contributed by atoms with Crippen molar-refractivity contribution in [1.29, 1.82) is 0 Å². The van der Waals surface area contributed by atoms with Gasteiger partial charge < -0.3 is 48.9 Å². The first kappa shape index (κ1) is 52.2. The third-order valence-electron chi connectivity index (χ3n) is 7.62. The van der Waals surface area contributed by atoms with Crippen LogP contribution >= 0.6 is 0 Å². The molecule has 1 rings (SSSR count). The van der Waals surface area contributed by atoms with Crippen LogP contribution in [0.4, 0.5) is 9.59 Å². The van der Waals surface area contributed by atoms with Gasteiger partial charge in [-0.3, -0.25) is 38.8 Å². The molecule has 0 aromatic carbocycles. The van der Waals surface area contributed by atoms with Crippen LogP contribution in [0, 0.1) is 0 Å². The summed E-state index contributed by atoms with van der Waals surface area (Å²) in [5.41, 5.74) is -2.01. The second-order valence-electron chi connectivity index (χ2n) is 16.6. The molecule has 0 saturated carbocycles. The average molecular weight is 835 g/mol. The van der Waals surface area contributed by atoms with E-state index in [1.807, 2.05) is 19.6 Å². The Morgan fingerprint density at radius 1 is 0.466 bits per heavy atom. The molecule has 20 nitrogen and oxygen atoms in total. The summed E-state index contributed by atoms with van der Waals surface area (Å²) in [6.07, 6.45) is -2.05. The largest absolute Gasteiger partial charge is 0.505 e. The SMILES string of the molecule is CC(C)(C)OC(=O)CN1CCN(CC(=O)NCCNC(=O)OCCOCCOCCOC(=O)O)CCN(CC(=O)OC(C)(C)C)CCN(CC(=O)OC(C)(C)C)CC1. The maximum atomic E-state index is 13.1. The van der Waals surface area contributed by atoms with E-state index in [1.54, 1.807) is 62.3 Å². The standard InChI is InChI=1S/C38H70N6O14/c1-36(2,3)56-31(46)27-42-14-12-41(26-30(45)39-10-11-40-34(49)54-24-22-52-20-21-53-23-25-55-35(50)51)13-15-43(28-32(47)57-37(4,5)6)17-19-44(18-16-42)29-33(48)58-38(7,8)9/h10-29H2,1-9H3,(H,39,45)(H,40,49)(H,50,51). The number of esters is 3. The van der Waals surface area contributed by atoms with Gasteiger partial charge in [0.05, 0.1) is 52.6 Å². The van der Waals surface area contributed by atoms with Crippen molar-refractivity contribution in [2.24, 2.45) is 0 Å². The number of nitrogens with zero attached hydrogens (tertiary/aromatic N) is 4. The summed E-state index contributed by atoms with van der Waals surface area (Å²) in [6, 6.07) is 0. The highest BCUT2D eigenvalue weighted by Crippen LogP contribution is 2.11. The zero-order valence-electron chi connectivity index (χ0n) is 36.2. The first-order chi connectivity index (χ1) is 27.0. The summed E-state index contributed by atoms with van der Waals surface area (Å²) < 4.78 is 36.6. The lowest BCUT2D eigenvalue weighted by molar-refractivity contribution is -0.158. The Balaban J connectivity index is 2.85. The third-order valence-corrected chi connectivity index (χ3v) is 7.62. The monoisotopic (exact) mass is 834 g/mol. The Morgan fingerprint density at radius 2 is 0.776 bits per heavy atom. The molecule has 0 aliphatic carbocycles. The van der Waals surface area contributed by atoms with Crippen LogP contribution in [-0.4, -0.2) is 209 Å². The highest BCUT2D eigenvalue weighted by molar-refractivity contribution is 5.78. The Bertz CT molecular complexity index is 1220. The van der Waals surface area contributed by atoms with Gasteiger partial charge in [0.1, 0.15) is 30.0 Å². The molecule has 0 bridgehead atoms. The van der Waals surface area contributed by atoms with Crippen molar-refractivity contribution < 1.29 is 67.0 Å². The van der Waals surface area contributed by atoms with E-state index < -0.39 is 41.0 Å². The van der Waals surface area contributed by atoms with Gasteiger partial charge in [-0.2, -0.15) is 0 Å². The fourth-order valence-electron chi connectivity index (χ4n) is 5.26. The third kappa shape index (κ3) is 30.3. The van der Waals surface area contributed by atoms with E-state index in [1.165, 1.54) is 0 Å². The number of amides is 2. The molecular weight excluding hydrogens is 764 g/mol. The zero-order valence-corrected chi connectivity index (χ0v) is 36.2. The second kappa shape index (κ2) is 27.0. The lowest BCUT2D eigenvalue weighted by atomic mass is 10.2. The van der Waals surface area contributed by atoms with E-state index >= 15 is 0 Å². The first-order valence-electron chi connectivity index (χ1n) is 19.7. The van der Waals surface area contributed by atoms with E-state index in [9.17, 15) is 28.8 Å². The van der Waals surface area contributed by atoms with Gasteiger partial charge in [0.25, 0.3) is 0 Å². The average Bonchev–Trinajstić information content (AvgIpc) is 3.06. The summed E-state index contributed by atoms with van der Waals surface area (Å²) in [5, 5.41) is 13.8. The number of nitrogens with one attached hydrogen (secondary N) is 2. The van der Waals surface area contributed by atoms with E-state index in [-0.39, 0.29) is 90.8 Å². The van der Waals surface area contributed by atoms with Crippen molar-refractivity contribution in [2.45, 2.75) is 79.1 Å². The van der Waals surface area contributed by atoms with Gasteiger partial charge in [-0.1, -0.05) is 0 Å². The molecule has 0 aromatic rings. The summed E-state index contributed by atoms with van der Waals surface area (Å²) in [4.78, 5) is 81.9. The number of hydrogen-bond acceptors (Lipinski definition) is 17. The lowest BCUT2D eigenvalue weighted by Gasteiger charge is -2.34. The van der Waals surface area contributed by atoms with Gasteiger partial charge in [-0.25, -0.2) is 9.59 Å². The van der Waals surface area contributed by atoms with Crippen LogP contribution in [0.25, 0.3) is 0 Å². The summed E-state index contributed by atoms with van der Waals surface area (Å²) >= 11 is 0. The molecule has 1 aliphatic heterocycles. The molecule has 1 fully saturated rings. The van der Waals surface area contributed by atoms with E-state index in [0.717, 1.165) is 0 Å². The molecule has 0 aromatic heterocycles. The second-order valence-corrected chi connectivity index (χ2v) is 16.6. The van der Waals surface area contributed by atoms with Gasteiger partial charge in [0.15, 0.2) is 0 Å². The predicted molar refractivity (Wildman–Crippen MR) is 211 cm³/mol. The molecule has 0 atom stereocenters. The van der Waals surface area contributed by atoms with Crippen molar-refractivity contribution >= 4 is 36.1 Å². The maximum absolute atomic E-state index is 13.1. The van der Waals surface area contributed by atoms with Gasteiger partial charge in [-0.15, -0.1) is 0 Å². The van der Waals surface area contributed by atoms with Gasteiger partial charge in [-0.05, 0) is 62.3 Å². The quantitative estimate of drug-likeness (QED) is 0.0877. The summed E-state index contributed by atoms with van der Waals surface area (Å²) in [6.45, 7) is 20.4. The molecule has 1 saturated heterocycles. The van der Waals surface area contributed by atoms with Crippen molar-refractivity contribution in [1.82, 2.24) is 30.2 Å². The number of rotatable bonds is 20. The maximum Gasteiger partial charge on any atom is 0.505 e. The Kier molecular flexibility index (Phi) is 24.3. The number of hydrogen-bond donors (Lipinski definition) is 3. The normalized spacial score (nSPS) is 15.9. The molecule has 3 N–H and O–H groups in total. The van der Waals surface area contributed by atoms with Crippen LogP contribution < -0.4 is 10.6 Å². The molecule has 2 amide bonds. The number of alkyl carbamates (subject to hydrolysis) is 1. The van der Waals surface area contributed by atoms with Crippen molar-refractivity contribution in [3.05, 3.63) is 0 Å². The lowest BCUT2D eigenvalue weighted by Crippen LogP contribution is -2.50. The molecule has 1 heterocycles. The van der Waals surface area contributed by atoms with Gasteiger partial charge in [0.2, 0.25) is 5.91 Å². The highest BCUT2D eigenvalue weighted by atomic mass is 16.7. The minimum Gasteiger partial charge on any atom is -0.459 e. The minimum absolute atomic E-state index is 0.00700. The summed E-state index contributed by atoms with van der Waals surface area (Å²) in [5.74, 6) is -1.45. The van der Waals surface area contributed by atoms with E-state index in [4.69, 9.17) is 33.5 Å². The number of ether oxygens (including phenoxy) is 7. The topological polar surface area (TPSA) is 224 Å². The summed E-state index contributed by atoms with van der Waals surface area (Å²) in [7, 11) is 0. The molecule has 20 heteroatoms. The van der Waals surface area contributed by atoms with Crippen LogP contribution in [0.2, 0.25) is 0 Å². The number of carboxylic acid groups (broad SMARTS) is 1. The molecule has 1 aliphatic rings. The Hall–Kier alpha value is -3.82. The molecule has 336 valence electrons. The minimum atomic E-state index is -1.37. The molecular formula is C38H70N6O14. The predicted octanol–water partition coefficient (Wildman–Crippen LogP) is 0.803. The van der Waals surface area contributed by atoms with Crippen molar-refractivity contribution in [2.75, 3.05) is 131 Å². The molecule has 0 unspecified atom stereocenters. The first-order valence-corrected chi connectivity index (χ1v) is 19.7. The number of carbonyl (C=O) groups excluding carboxylic acids is 5. The van der Waals surface area contributed by atoms with Crippen LogP contribution in [0.15, 0.2) is 0 Å². The fraction of sp³-hybridized carbons (Fsp3) is 0.842. The smallest absolute Gasteiger partial charge is 0.459 e. The van der Waals surface area contributed by atoms with Crippen molar-refractivity contribution in [3.63, 3.8) is 0 Å². The fourth-order valence-corrected chi connectivity index (χ4v) is 5.26. The number of carbonyl (C=O) groups is 6. The zero-order chi connectivity index (χ0) is 43.8. The van der Waals surface area contributed by atoms with Crippen LogP contribution in [-0.2, 0) is 52.3 Å². The molecule has 58 heavy (non-hydrogen) atoms. The van der Waals surface area contributed by atoms with Gasteiger partial charge >= 0.3 is 30.2 Å². The van der Waals surface area contributed by atoms with Gasteiger partial charge in [0, 0.05) is 65.4 Å². The Morgan fingerprint density at radius 3 is 1.12 bits per heavy atom. The van der Waals surface area contributed by atoms with Crippen LogP contribution in [0.1, 0.15) is 62.3 Å². The van der Waals surface area contributed by atoms with E-state index in [2.05, 4.69) is 15.4 Å². The van der Waals surface area contributed by atoms with Crippen LogP contribution in [0.3, 0.4) is 0 Å². The van der Waals surface area contributed by atoms with E-state index in [0.29, 0.717) is 52.4 Å². The Labute approximate surface area is 343 Å². The van der Waals surface area contributed by atoms with Crippen LogP contribution in [0.5, 0.6) is 0 Å².